The highest BCUT2D eigenvalue weighted by atomic mass is 32.2. The minimum Gasteiger partial charge on any atom is -0.389 e. The van der Waals surface area contributed by atoms with Crippen LogP contribution in [0.15, 0.2) is 41.3 Å². The summed E-state index contributed by atoms with van der Waals surface area (Å²) in [5, 5.41) is 12.5. The van der Waals surface area contributed by atoms with Crippen molar-refractivity contribution in [3.63, 3.8) is 0 Å². The molecule has 0 aromatic heterocycles. The van der Waals surface area contributed by atoms with E-state index in [-0.39, 0.29) is 0 Å². The van der Waals surface area contributed by atoms with Gasteiger partial charge in [-0.2, -0.15) is 0 Å². The first-order valence-electron chi connectivity index (χ1n) is 6.64. The van der Waals surface area contributed by atoms with E-state index in [1.54, 1.807) is 0 Å². The smallest absolute Gasteiger partial charge is 0.162 e. The first kappa shape index (κ1) is 12.1. The lowest BCUT2D eigenvalue weighted by Crippen LogP contribution is -2.05. The van der Waals surface area contributed by atoms with Gasteiger partial charge < -0.3 is 5.11 Å². The number of aliphatic hydroxyl groups is 1. The molecule has 2 aromatic rings. The normalized spacial score (nSPS) is 18.3. The van der Waals surface area contributed by atoms with E-state index in [4.69, 9.17) is 0 Å². The van der Waals surface area contributed by atoms with Gasteiger partial charge in [0.25, 0.3) is 0 Å². The summed E-state index contributed by atoms with van der Waals surface area (Å²) in [6.07, 6.45) is 2.35. The van der Waals surface area contributed by atoms with Gasteiger partial charge in [-0.3, -0.25) is 0 Å². The van der Waals surface area contributed by atoms with E-state index < -0.39 is 6.10 Å². The zero-order chi connectivity index (χ0) is 12.5. The molecule has 0 aliphatic carbocycles. The fourth-order valence-corrected chi connectivity index (χ4v) is 5.28. The van der Waals surface area contributed by atoms with Gasteiger partial charge >= 0.3 is 0 Å². The summed E-state index contributed by atoms with van der Waals surface area (Å²) >= 11 is 0. The predicted molar refractivity (Wildman–Crippen MR) is 79.2 cm³/mol. The van der Waals surface area contributed by atoms with Crippen molar-refractivity contribution in [3.8, 4) is 0 Å². The van der Waals surface area contributed by atoms with Crippen LogP contribution in [-0.4, -0.2) is 16.6 Å². The summed E-state index contributed by atoms with van der Waals surface area (Å²) in [4.78, 5) is 1.51. The SMILES string of the molecule is CC(O)c1ccc([S+]2CCCC2)c2ccccc12. The zero-order valence-corrected chi connectivity index (χ0v) is 11.5. The molecule has 0 amide bonds. The molecule has 2 heteroatoms. The Kier molecular flexibility index (Phi) is 3.31. The van der Waals surface area contributed by atoms with Gasteiger partial charge in [0, 0.05) is 16.3 Å². The highest BCUT2D eigenvalue weighted by Gasteiger charge is 2.29. The highest BCUT2D eigenvalue weighted by molar-refractivity contribution is 7.97. The molecular formula is C16H19OS+. The van der Waals surface area contributed by atoms with Gasteiger partial charge in [-0.25, -0.2) is 0 Å². The van der Waals surface area contributed by atoms with Crippen molar-refractivity contribution >= 4 is 21.7 Å². The van der Waals surface area contributed by atoms with E-state index in [1.807, 2.05) is 6.92 Å². The van der Waals surface area contributed by atoms with Crippen LogP contribution < -0.4 is 0 Å². The zero-order valence-electron chi connectivity index (χ0n) is 10.7. The summed E-state index contributed by atoms with van der Waals surface area (Å²) in [6, 6.07) is 12.9. The van der Waals surface area contributed by atoms with E-state index in [0.29, 0.717) is 10.9 Å². The molecule has 18 heavy (non-hydrogen) atoms. The van der Waals surface area contributed by atoms with Crippen LogP contribution in [0.25, 0.3) is 10.8 Å². The summed E-state index contributed by atoms with van der Waals surface area (Å²) in [5.74, 6) is 2.69. The molecule has 1 fully saturated rings. The van der Waals surface area contributed by atoms with Gasteiger partial charge in [-0.1, -0.05) is 24.3 Å². The third-order valence-corrected chi connectivity index (χ3v) is 6.25. The largest absolute Gasteiger partial charge is 0.389 e. The third-order valence-electron chi connectivity index (χ3n) is 3.71. The number of rotatable bonds is 2. The molecule has 2 aromatic carbocycles. The highest BCUT2D eigenvalue weighted by Crippen LogP contribution is 2.33. The first-order valence-corrected chi connectivity index (χ1v) is 8.21. The van der Waals surface area contributed by atoms with Crippen LogP contribution in [0.5, 0.6) is 0 Å². The molecule has 94 valence electrons. The number of hydrogen-bond acceptors (Lipinski definition) is 1. The minimum atomic E-state index is -0.393. The molecule has 1 saturated heterocycles. The van der Waals surface area contributed by atoms with E-state index in [1.165, 1.54) is 40.0 Å². The van der Waals surface area contributed by atoms with Crippen molar-refractivity contribution in [2.45, 2.75) is 30.8 Å². The summed E-state index contributed by atoms with van der Waals surface area (Å²) < 4.78 is 0. The van der Waals surface area contributed by atoms with Crippen LogP contribution >= 0.6 is 0 Å². The van der Waals surface area contributed by atoms with Crippen molar-refractivity contribution in [2.75, 3.05) is 11.5 Å². The Morgan fingerprint density at radius 1 is 1.00 bits per heavy atom. The van der Waals surface area contributed by atoms with Gasteiger partial charge in [0.1, 0.15) is 11.5 Å². The second-order valence-electron chi connectivity index (χ2n) is 4.98. The van der Waals surface area contributed by atoms with Crippen LogP contribution in [0.3, 0.4) is 0 Å². The van der Waals surface area contributed by atoms with E-state index in [9.17, 15) is 5.11 Å². The molecule has 3 rings (SSSR count). The molecule has 0 radical (unpaired) electrons. The molecule has 1 aliphatic heterocycles. The number of benzene rings is 2. The summed E-state index contributed by atoms with van der Waals surface area (Å²) in [6.45, 7) is 1.85. The average molecular weight is 259 g/mol. The van der Waals surface area contributed by atoms with E-state index in [0.717, 1.165) is 5.56 Å². The second kappa shape index (κ2) is 4.94. The Balaban J connectivity index is 2.19. The Bertz CT molecular complexity index is 556. The monoisotopic (exact) mass is 259 g/mol. The fraction of sp³-hybridized carbons (Fsp3) is 0.375. The van der Waals surface area contributed by atoms with Crippen LogP contribution in [0.4, 0.5) is 0 Å². The molecule has 1 atom stereocenters. The molecule has 0 spiro atoms. The molecule has 1 nitrogen and oxygen atoms in total. The lowest BCUT2D eigenvalue weighted by molar-refractivity contribution is 0.201. The van der Waals surface area contributed by atoms with E-state index in [2.05, 4.69) is 36.4 Å². The van der Waals surface area contributed by atoms with Crippen molar-refractivity contribution in [2.24, 2.45) is 0 Å². The Morgan fingerprint density at radius 3 is 2.33 bits per heavy atom. The maximum absolute atomic E-state index is 9.88. The molecule has 1 unspecified atom stereocenters. The standard InChI is InChI=1S/C16H19OS/c1-12(17)13-8-9-16(18-10-4-5-11-18)15-7-3-2-6-14(13)15/h2-3,6-9,12,17H,4-5,10-11H2,1H3/q+1. The van der Waals surface area contributed by atoms with Gasteiger partial charge in [0.2, 0.25) is 0 Å². The average Bonchev–Trinajstić information content (AvgIpc) is 2.91. The van der Waals surface area contributed by atoms with Crippen LogP contribution in [0, 0.1) is 0 Å². The molecule has 1 heterocycles. The Labute approximate surface area is 111 Å². The predicted octanol–water partition coefficient (Wildman–Crippen LogP) is 3.66. The van der Waals surface area contributed by atoms with Crippen molar-refractivity contribution < 1.29 is 5.11 Å². The van der Waals surface area contributed by atoms with Crippen LogP contribution in [0.2, 0.25) is 0 Å². The number of hydrogen-bond donors (Lipinski definition) is 1. The van der Waals surface area contributed by atoms with Crippen LogP contribution in [0.1, 0.15) is 31.4 Å². The maximum atomic E-state index is 9.88. The number of aliphatic hydroxyl groups excluding tert-OH is 1. The summed E-state index contributed by atoms with van der Waals surface area (Å²) in [5.41, 5.74) is 1.05. The van der Waals surface area contributed by atoms with Gasteiger partial charge in [0.15, 0.2) is 4.90 Å². The van der Waals surface area contributed by atoms with Gasteiger partial charge in [0.05, 0.1) is 6.10 Å². The summed E-state index contributed by atoms with van der Waals surface area (Å²) in [7, 11) is 0.432. The quantitative estimate of drug-likeness (QED) is 0.816. The molecule has 0 saturated carbocycles. The topological polar surface area (TPSA) is 20.2 Å². The Morgan fingerprint density at radius 2 is 1.67 bits per heavy atom. The Hall–Kier alpha value is -0.990. The second-order valence-corrected chi connectivity index (χ2v) is 7.22. The van der Waals surface area contributed by atoms with Crippen molar-refractivity contribution in [3.05, 3.63) is 42.0 Å². The molecule has 1 aliphatic rings. The molecular weight excluding hydrogens is 240 g/mol. The van der Waals surface area contributed by atoms with E-state index >= 15 is 0 Å². The number of fused-ring (bicyclic) bond motifs is 1. The van der Waals surface area contributed by atoms with Crippen molar-refractivity contribution in [1.82, 2.24) is 0 Å². The molecule has 1 N–H and O–H groups in total. The maximum Gasteiger partial charge on any atom is 0.162 e. The van der Waals surface area contributed by atoms with Crippen LogP contribution in [-0.2, 0) is 10.9 Å². The lowest BCUT2D eigenvalue weighted by Gasteiger charge is -2.11. The van der Waals surface area contributed by atoms with Gasteiger partial charge in [-0.15, -0.1) is 0 Å². The lowest BCUT2D eigenvalue weighted by atomic mass is 10.0. The minimum absolute atomic E-state index is 0.393. The fourth-order valence-electron chi connectivity index (χ4n) is 2.79. The van der Waals surface area contributed by atoms with Crippen molar-refractivity contribution in [1.29, 1.82) is 0 Å². The molecule has 0 bridgehead atoms. The third kappa shape index (κ3) is 2.04. The first-order chi connectivity index (χ1) is 8.77. The van der Waals surface area contributed by atoms with Gasteiger partial charge in [-0.05, 0) is 42.8 Å².